The predicted octanol–water partition coefficient (Wildman–Crippen LogP) is 4.21. The highest BCUT2D eigenvalue weighted by atomic mass is 15.4. The molecule has 0 aliphatic carbocycles. The second-order valence-corrected chi connectivity index (χ2v) is 6.99. The van der Waals surface area contributed by atoms with Crippen LogP contribution in [0.4, 0.5) is 5.69 Å². The molecule has 1 heterocycles. The molecule has 3 nitrogen and oxygen atoms in total. The Balaban J connectivity index is 1.82. The summed E-state index contributed by atoms with van der Waals surface area (Å²) in [6, 6.07) is 23.2. The van der Waals surface area contributed by atoms with Gasteiger partial charge in [-0.25, -0.2) is 0 Å². The maximum atomic E-state index is 4.68. The molecule has 0 fully saturated rings. The van der Waals surface area contributed by atoms with Crippen molar-refractivity contribution in [2.24, 2.45) is 5.10 Å². The zero-order valence-electron chi connectivity index (χ0n) is 16.5. The molecular weight excluding hydrogens is 329 g/mol. The average molecular weight is 358 g/mol. The van der Waals surface area contributed by atoms with Gasteiger partial charge in [-0.1, -0.05) is 49.5 Å². The van der Waals surface area contributed by atoms with Crippen molar-refractivity contribution in [2.75, 3.05) is 12.1 Å². The van der Waals surface area contributed by atoms with Gasteiger partial charge in [-0.15, -0.1) is 0 Å². The molecule has 0 unspecified atom stereocenters. The number of hydrogen-bond acceptors (Lipinski definition) is 2. The van der Waals surface area contributed by atoms with Gasteiger partial charge >= 0.3 is 0 Å². The van der Waals surface area contributed by atoms with Crippen molar-refractivity contribution in [3.8, 4) is 0 Å². The molecule has 0 aliphatic rings. The molecule has 0 radical (unpaired) electrons. The van der Waals surface area contributed by atoms with Crippen LogP contribution in [-0.4, -0.2) is 21.1 Å². The summed E-state index contributed by atoms with van der Waals surface area (Å²) in [6.45, 7) is 1.03. The molecule has 0 atom stereocenters. The number of aryl methyl sites for hydroxylation is 1. The highest BCUT2D eigenvalue weighted by Crippen LogP contribution is 2.13. The SMILES string of the molecule is BCCCCCC[n+]1c(/C=N/N(C)c2ccccc2)ccc2ccccc21. The van der Waals surface area contributed by atoms with E-state index < -0.39 is 0 Å². The number of benzene rings is 2. The van der Waals surface area contributed by atoms with Crippen LogP contribution in [0.2, 0.25) is 6.32 Å². The second-order valence-electron chi connectivity index (χ2n) is 6.99. The molecule has 0 bridgehead atoms. The molecule has 4 heteroatoms. The van der Waals surface area contributed by atoms with Crippen LogP contribution in [0, 0.1) is 0 Å². The Hall–Kier alpha value is -2.62. The summed E-state index contributed by atoms with van der Waals surface area (Å²) in [5.41, 5.74) is 3.51. The molecule has 0 saturated carbocycles. The van der Waals surface area contributed by atoms with Gasteiger partial charge in [0.25, 0.3) is 0 Å². The topological polar surface area (TPSA) is 19.5 Å². The maximum Gasteiger partial charge on any atom is 0.225 e. The number of unbranched alkanes of at least 4 members (excludes halogenated alkanes) is 3. The largest absolute Gasteiger partial charge is 0.268 e. The molecule has 3 rings (SSSR count). The fourth-order valence-electron chi connectivity index (χ4n) is 3.37. The van der Waals surface area contributed by atoms with E-state index in [1.54, 1.807) is 0 Å². The Kier molecular flexibility index (Phi) is 7.03. The number of fused-ring (bicyclic) bond motifs is 1. The Morgan fingerprint density at radius 1 is 0.889 bits per heavy atom. The third-order valence-electron chi connectivity index (χ3n) is 4.95. The summed E-state index contributed by atoms with van der Waals surface area (Å²) >= 11 is 0. The Morgan fingerprint density at radius 3 is 2.44 bits per heavy atom. The van der Waals surface area contributed by atoms with E-state index in [0.717, 1.165) is 17.9 Å². The van der Waals surface area contributed by atoms with Crippen molar-refractivity contribution in [1.29, 1.82) is 0 Å². The molecular formula is C23H29BN3+. The molecule has 27 heavy (non-hydrogen) atoms. The van der Waals surface area contributed by atoms with Crippen LogP contribution in [0.5, 0.6) is 0 Å². The Labute approximate surface area is 163 Å². The molecule has 0 N–H and O–H groups in total. The average Bonchev–Trinajstić information content (AvgIpc) is 2.73. The zero-order chi connectivity index (χ0) is 18.9. The smallest absolute Gasteiger partial charge is 0.225 e. The highest BCUT2D eigenvalue weighted by Gasteiger charge is 2.14. The number of hydrogen-bond donors (Lipinski definition) is 0. The number of nitrogens with zero attached hydrogens (tertiary/aromatic N) is 3. The van der Waals surface area contributed by atoms with E-state index >= 15 is 0 Å². The van der Waals surface area contributed by atoms with E-state index in [-0.39, 0.29) is 0 Å². The van der Waals surface area contributed by atoms with Gasteiger partial charge in [-0.3, -0.25) is 5.01 Å². The number of anilines is 1. The minimum atomic E-state index is 1.03. The van der Waals surface area contributed by atoms with Gasteiger partial charge in [0.1, 0.15) is 20.6 Å². The van der Waals surface area contributed by atoms with Crippen molar-refractivity contribution in [3.05, 3.63) is 72.4 Å². The summed E-state index contributed by atoms with van der Waals surface area (Å²) in [7, 11) is 4.25. The van der Waals surface area contributed by atoms with E-state index in [1.807, 2.05) is 36.5 Å². The normalized spacial score (nSPS) is 11.3. The maximum absolute atomic E-state index is 4.68. The summed E-state index contributed by atoms with van der Waals surface area (Å²) in [5, 5.41) is 7.87. The van der Waals surface area contributed by atoms with Gasteiger partial charge in [0.15, 0.2) is 0 Å². The van der Waals surface area contributed by atoms with Crippen molar-refractivity contribution in [3.63, 3.8) is 0 Å². The van der Waals surface area contributed by atoms with E-state index in [2.05, 4.69) is 66.0 Å². The summed E-state index contributed by atoms with van der Waals surface area (Å²) in [6.07, 6.45) is 8.40. The molecule has 0 spiro atoms. The first kappa shape index (κ1) is 19.2. The van der Waals surface area contributed by atoms with Crippen molar-refractivity contribution >= 4 is 30.7 Å². The van der Waals surface area contributed by atoms with Crippen LogP contribution in [0.25, 0.3) is 10.9 Å². The lowest BCUT2D eigenvalue weighted by molar-refractivity contribution is -0.672. The second kappa shape index (κ2) is 9.91. The van der Waals surface area contributed by atoms with Crippen molar-refractivity contribution < 1.29 is 4.57 Å². The van der Waals surface area contributed by atoms with Gasteiger partial charge in [-0.05, 0) is 30.7 Å². The first-order valence-corrected chi connectivity index (χ1v) is 10.0. The van der Waals surface area contributed by atoms with Gasteiger partial charge in [0, 0.05) is 31.0 Å². The van der Waals surface area contributed by atoms with Crippen molar-refractivity contribution in [1.82, 2.24) is 0 Å². The van der Waals surface area contributed by atoms with Crippen molar-refractivity contribution in [2.45, 2.75) is 38.5 Å². The Morgan fingerprint density at radius 2 is 1.63 bits per heavy atom. The third kappa shape index (κ3) is 5.19. The number of pyridine rings is 1. The molecule has 3 aromatic rings. The molecule has 0 amide bonds. The first-order valence-electron chi connectivity index (χ1n) is 10.0. The van der Waals surface area contributed by atoms with Crippen LogP contribution in [-0.2, 0) is 6.54 Å². The number of rotatable bonds is 9. The van der Waals surface area contributed by atoms with E-state index in [0.29, 0.717) is 0 Å². The molecule has 2 aromatic carbocycles. The van der Waals surface area contributed by atoms with Crippen LogP contribution in [0.1, 0.15) is 31.4 Å². The fourth-order valence-corrected chi connectivity index (χ4v) is 3.37. The van der Waals surface area contributed by atoms with Crippen LogP contribution in [0.15, 0.2) is 71.8 Å². The predicted molar refractivity (Wildman–Crippen MR) is 118 cm³/mol. The molecule has 138 valence electrons. The fraction of sp³-hybridized carbons (Fsp3) is 0.304. The third-order valence-corrected chi connectivity index (χ3v) is 4.95. The quantitative estimate of drug-likeness (QED) is 0.184. The highest BCUT2D eigenvalue weighted by molar-refractivity contribution is 6.08. The van der Waals surface area contributed by atoms with Gasteiger partial charge in [0.05, 0.1) is 5.69 Å². The van der Waals surface area contributed by atoms with E-state index in [4.69, 9.17) is 0 Å². The number of hydrazone groups is 1. The minimum absolute atomic E-state index is 1.03. The van der Waals surface area contributed by atoms with Gasteiger partial charge in [0.2, 0.25) is 11.2 Å². The minimum Gasteiger partial charge on any atom is -0.268 e. The molecule has 0 aliphatic heterocycles. The lowest BCUT2D eigenvalue weighted by atomic mass is 9.99. The van der Waals surface area contributed by atoms with E-state index in [1.165, 1.54) is 42.9 Å². The van der Waals surface area contributed by atoms with Crippen LogP contribution in [0.3, 0.4) is 0 Å². The lowest BCUT2D eigenvalue weighted by Crippen LogP contribution is -2.39. The lowest BCUT2D eigenvalue weighted by Gasteiger charge is -2.12. The number of para-hydroxylation sites is 2. The van der Waals surface area contributed by atoms with Crippen LogP contribution >= 0.6 is 0 Å². The summed E-state index contributed by atoms with van der Waals surface area (Å²) in [4.78, 5) is 0. The first-order chi connectivity index (χ1) is 13.3. The van der Waals surface area contributed by atoms with Gasteiger partial charge < -0.3 is 0 Å². The zero-order valence-corrected chi connectivity index (χ0v) is 16.5. The Bertz CT molecular complexity index is 877. The monoisotopic (exact) mass is 358 g/mol. The standard InChI is InChI=1S/C23H29BN3/c1-26(21-12-5-4-6-13-21)25-19-22-16-15-20-11-7-8-14-23(20)27(22)18-10-3-2-9-17-24/h4-8,11-16,19H,2-3,9-10,17-18,24H2,1H3/q+1. The van der Waals surface area contributed by atoms with E-state index in [9.17, 15) is 0 Å². The van der Waals surface area contributed by atoms with Gasteiger partial charge in [-0.2, -0.15) is 9.67 Å². The van der Waals surface area contributed by atoms with Crippen LogP contribution < -0.4 is 9.58 Å². The molecule has 0 saturated heterocycles. The number of aromatic nitrogens is 1. The summed E-state index contributed by atoms with van der Waals surface area (Å²) < 4.78 is 2.41. The summed E-state index contributed by atoms with van der Waals surface area (Å²) in [5.74, 6) is 0. The molecule has 1 aromatic heterocycles.